The second-order valence-corrected chi connectivity index (χ2v) is 2.73. The van der Waals surface area contributed by atoms with E-state index in [4.69, 9.17) is 12.6 Å². The van der Waals surface area contributed by atoms with E-state index >= 15 is 0 Å². The van der Waals surface area contributed by atoms with E-state index in [1.807, 2.05) is 18.2 Å². The molecule has 0 bridgehead atoms. The van der Waals surface area contributed by atoms with Gasteiger partial charge in [-0.15, -0.1) is 0 Å². The lowest BCUT2D eigenvalue weighted by Crippen LogP contribution is -2.25. The predicted molar refractivity (Wildman–Crippen MR) is 51.2 cm³/mol. The average molecular weight is 180 g/mol. The lowest BCUT2D eigenvalue weighted by molar-refractivity contribution is 0.0956. The molecule has 1 radical (unpaired) electrons. The van der Waals surface area contributed by atoms with Crippen molar-refractivity contribution < 1.29 is 4.79 Å². The topological polar surface area (TPSA) is 29.1 Å². The minimum atomic E-state index is -0.0551. The molecule has 0 aliphatic rings. The smallest absolute Gasteiger partial charge is 0.251 e. The molecule has 1 rings (SSSR count). The molecule has 12 heavy (non-hydrogen) atoms. The van der Waals surface area contributed by atoms with Crippen LogP contribution in [0, 0.1) is 0 Å². The third kappa shape index (κ3) is 2.58. The van der Waals surface area contributed by atoms with E-state index in [0.29, 0.717) is 17.9 Å². The number of carbonyl (C=O) groups excluding carboxylic acids is 1. The molecule has 0 saturated carbocycles. The van der Waals surface area contributed by atoms with Gasteiger partial charge < -0.3 is 5.32 Å². The summed E-state index contributed by atoms with van der Waals surface area (Å²) in [6.07, 6.45) is 0. The standard InChI is InChI=1S/C9H10NOS/c11-9(10-6-7-12)8-4-2-1-3-5-8/h1-5H,6-7H2,(H,10,11). The first-order valence-corrected chi connectivity index (χ1v) is 4.33. The van der Waals surface area contributed by atoms with Crippen molar-refractivity contribution in [3.05, 3.63) is 35.9 Å². The summed E-state index contributed by atoms with van der Waals surface area (Å²) >= 11 is 4.71. The molecule has 1 aromatic rings. The Morgan fingerprint density at radius 1 is 1.33 bits per heavy atom. The third-order valence-corrected chi connectivity index (χ3v) is 1.63. The number of amides is 1. The molecular weight excluding hydrogens is 170 g/mol. The van der Waals surface area contributed by atoms with Gasteiger partial charge in [0.15, 0.2) is 0 Å². The molecule has 0 aromatic heterocycles. The predicted octanol–water partition coefficient (Wildman–Crippen LogP) is 1.61. The van der Waals surface area contributed by atoms with Gasteiger partial charge in [0.25, 0.3) is 5.91 Å². The number of hydrogen-bond acceptors (Lipinski definition) is 1. The summed E-state index contributed by atoms with van der Waals surface area (Å²) in [7, 11) is 0. The zero-order chi connectivity index (χ0) is 8.81. The quantitative estimate of drug-likeness (QED) is 0.752. The lowest BCUT2D eigenvalue weighted by Gasteiger charge is -2.01. The first-order valence-electron chi connectivity index (χ1n) is 3.76. The maximum absolute atomic E-state index is 11.2. The van der Waals surface area contributed by atoms with Crippen LogP contribution in [-0.2, 0) is 0 Å². The van der Waals surface area contributed by atoms with Crippen molar-refractivity contribution in [2.45, 2.75) is 0 Å². The number of nitrogens with one attached hydrogen (secondary N) is 1. The van der Waals surface area contributed by atoms with Crippen molar-refractivity contribution in [1.82, 2.24) is 5.32 Å². The van der Waals surface area contributed by atoms with Gasteiger partial charge in [0, 0.05) is 17.9 Å². The summed E-state index contributed by atoms with van der Waals surface area (Å²) in [5.74, 6) is 0.499. The van der Waals surface area contributed by atoms with Crippen LogP contribution in [0.1, 0.15) is 10.4 Å². The van der Waals surface area contributed by atoms with E-state index in [-0.39, 0.29) is 5.91 Å². The molecule has 1 N–H and O–H groups in total. The van der Waals surface area contributed by atoms with Gasteiger partial charge in [-0.2, -0.15) is 0 Å². The molecule has 0 fully saturated rings. The van der Waals surface area contributed by atoms with Crippen LogP contribution >= 0.6 is 12.6 Å². The van der Waals surface area contributed by atoms with Gasteiger partial charge in [-0.1, -0.05) is 30.8 Å². The molecule has 0 aliphatic heterocycles. The molecule has 63 valence electrons. The van der Waals surface area contributed by atoms with Crippen LogP contribution in [-0.4, -0.2) is 18.2 Å². The largest absolute Gasteiger partial charge is 0.351 e. The third-order valence-electron chi connectivity index (χ3n) is 1.42. The Morgan fingerprint density at radius 3 is 2.58 bits per heavy atom. The molecule has 0 unspecified atom stereocenters. The molecular formula is C9H10NOS. The first kappa shape index (κ1) is 9.13. The SMILES string of the molecule is O=C(NCC[S])c1ccccc1. The lowest BCUT2D eigenvalue weighted by atomic mass is 10.2. The van der Waals surface area contributed by atoms with Gasteiger partial charge in [-0.25, -0.2) is 0 Å². The van der Waals surface area contributed by atoms with Crippen molar-refractivity contribution in [1.29, 1.82) is 0 Å². The second-order valence-electron chi connectivity index (χ2n) is 2.33. The van der Waals surface area contributed by atoms with Gasteiger partial charge in [0.2, 0.25) is 0 Å². The molecule has 2 nitrogen and oxygen atoms in total. The van der Waals surface area contributed by atoms with Crippen LogP contribution in [0.25, 0.3) is 0 Å². The molecule has 0 spiro atoms. The van der Waals surface area contributed by atoms with Crippen LogP contribution in [0.3, 0.4) is 0 Å². The van der Waals surface area contributed by atoms with Crippen LogP contribution in [0.15, 0.2) is 30.3 Å². The maximum Gasteiger partial charge on any atom is 0.251 e. The van der Waals surface area contributed by atoms with Crippen molar-refractivity contribution in [2.24, 2.45) is 0 Å². The van der Waals surface area contributed by atoms with Crippen LogP contribution in [0.5, 0.6) is 0 Å². The zero-order valence-corrected chi connectivity index (χ0v) is 7.43. The van der Waals surface area contributed by atoms with Crippen LogP contribution in [0.4, 0.5) is 0 Å². The molecule has 1 amide bonds. The van der Waals surface area contributed by atoms with Crippen molar-refractivity contribution in [3.63, 3.8) is 0 Å². The van der Waals surface area contributed by atoms with Crippen LogP contribution < -0.4 is 5.32 Å². The van der Waals surface area contributed by atoms with Gasteiger partial charge >= 0.3 is 0 Å². The molecule has 0 saturated heterocycles. The monoisotopic (exact) mass is 180 g/mol. The number of carbonyl (C=O) groups is 1. The van der Waals surface area contributed by atoms with Gasteiger partial charge in [0.05, 0.1) is 0 Å². The number of rotatable bonds is 3. The first-order chi connectivity index (χ1) is 5.84. The minimum absolute atomic E-state index is 0.0551. The van der Waals surface area contributed by atoms with E-state index in [2.05, 4.69) is 5.32 Å². The van der Waals surface area contributed by atoms with E-state index in [9.17, 15) is 4.79 Å². The summed E-state index contributed by atoms with van der Waals surface area (Å²) in [6.45, 7) is 0.559. The highest BCUT2D eigenvalue weighted by Gasteiger charge is 2.01. The Hall–Kier alpha value is -0.960. The van der Waals surface area contributed by atoms with E-state index in [0.717, 1.165) is 0 Å². The fourth-order valence-corrected chi connectivity index (χ4v) is 0.958. The summed E-state index contributed by atoms with van der Waals surface area (Å²) < 4.78 is 0. The Morgan fingerprint density at radius 2 is 2.00 bits per heavy atom. The van der Waals surface area contributed by atoms with E-state index in [1.54, 1.807) is 12.1 Å². The zero-order valence-electron chi connectivity index (χ0n) is 6.62. The van der Waals surface area contributed by atoms with Gasteiger partial charge in [-0.05, 0) is 12.1 Å². The fraction of sp³-hybridized carbons (Fsp3) is 0.222. The Labute approximate surface area is 77.4 Å². The van der Waals surface area contributed by atoms with Crippen molar-refractivity contribution >= 4 is 18.5 Å². The summed E-state index contributed by atoms with van der Waals surface area (Å²) in [6, 6.07) is 9.10. The molecule has 3 heteroatoms. The van der Waals surface area contributed by atoms with Crippen LogP contribution in [0.2, 0.25) is 0 Å². The van der Waals surface area contributed by atoms with E-state index in [1.165, 1.54) is 0 Å². The molecule has 1 aromatic carbocycles. The Balaban J connectivity index is 2.54. The van der Waals surface area contributed by atoms with Gasteiger partial charge in [-0.3, -0.25) is 4.79 Å². The molecule has 0 aliphatic carbocycles. The molecule has 0 heterocycles. The highest BCUT2D eigenvalue weighted by atomic mass is 32.1. The van der Waals surface area contributed by atoms with Crippen molar-refractivity contribution in [2.75, 3.05) is 12.3 Å². The summed E-state index contributed by atoms with van der Waals surface area (Å²) in [5.41, 5.74) is 0.681. The number of hydrogen-bond donors (Lipinski definition) is 1. The highest BCUT2D eigenvalue weighted by molar-refractivity contribution is 7.80. The maximum atomic E-state index is 11.2. The summed E-state index contributed by atoms with van der Waals surface area (Å²) in [4.78, 5) is 11.2. The number of benzene rings is 1. The Bertz CT molecular complexity index is 248. The minimum Gasteiger partial charge on any atom is -0.351 e. The fourth-order valence-electron chi connectivity index (χ4n) is 0.856. The molecule has 0 atom stereocenters. The van der Waals surface area contributed by atoms with Gasteiger partial charge in [0.1, 0.15) is 0 Å². The normalized spacial score (nSPS) is 9.42. The average Bonchev–Trinajstić information content (AvgIpc) is 2.15. The van der Waals surface area contributed by atoms with E-state index < -0.39 is 0 Å². The summed E-state index contributed by atoms with van der Waals surface area (Å²) in [5, 5.41) is 2.71. The highest BCUT2D eigenvalue weighted by Crippen LogP contribution is 1.96. The van der Waals surface area contributed by atoms with Crippen molar-refractivity contribution in [3.8, 4) is 0 Å². The Kier molecular flexibility index (Phi) is 3.67. The second kappa shape index (κ2) is 4.83.